The summed E-state index contributed by atoms with van der Waals surface area (Å²) in [6.45, 7) is 2.55. The van der Waals surface area contributed by atoms with E-state index < -0.39 is 0 Å². The highest BCUT2D eigenvalue weighted by atomic mass is 35.5. The molecule has 1 atom stereocenters. The molecule has 0 aliphatic carbocycles. The van der Waals surface area contributed by atoms with Gasteiger partial charge in [0.15, 0.2) is 0 Å². The molecular weight excluding hydrogens is 406 g/mol. The van der Waals surface area contributed by atoms with Crippen molar-refractivity contribution in [1.29, 1.82) is 0 Å². The molecule has 1 aromatic heterocycles. The maximum atomic E-state index is 13.6. The molecule has 1 aliphatic heterocycles. The molecule has 0 saturated carbocycles. The molecule has 5 rings (SSSR count). The van der Waals surface area contributed by atoms with E-state index >= 15 is 0 Å². The zero-order valence-corrected chi connectivity index (χ0v) is 17.9. The van der Waals surface area contributed by atoms with Crippen LogP contribution in [0.15, 0.2) is 91.1 Å². The van der Waals surface area contributed by atoms with Crippen LogP contribution in [-0.2, 0) is 6.54 Å². The molecule has 0 spiro atoms. The van der Waals surface area contributed by atoms with Gasteiger partial charge in [0, 0.05) is 11.9 Å². The fourth-order valence-electron chi connectivity index (χ4n) is 4.19. The summed E-state index contributed by atoms with van der Waals surface area (Å²) < 4.78 is 2.18. The van der Waals surface area contributed by atoms with Crippen molar-refractivity contribution < 1.29 is 4.79 Å². The maximum absolute atomic E-state index is 13.6. The first-order valence-electron chi connectivity index (χ1n) is 10.3. The monoisotopic (exact) mass is 427 g/mol. The first-order chi connectivity index (χ1) is 15.1. The van der Waals surface area contributed by atoms with Crippen LogP contribution in [-0.4, -0.2) is 15.5 Å². The number of benzene rings is 3. The van der Waals surface area contributed by atoms with Gasteiger partial charge in [0.1, 0.15) is 0 Å². The molecule has 154 valence electrons. The van der Waals surface area contributed by atoms with E-state index in [1.54, 1.807) is 6.07 Å². The Morgan fingerprint density at radius 3 is 2.48 bits per heavy atom. The molecule has 2 heterocycles. The zero-order chi connectivity index (χ0) is 21.4. The molecule has 2 amide bonds. The van der Waals surface area contributed by atoms with E-state index in [9.17, 15) is 4.79 Å². The van der Waals surface area contributed by atoms with Crippen LogP contribution in [0.2, 0.25) is 5.02 Å². The number of anilines is 1. The fourth-order valence-corrected chi connectivity index (χ4v) is 4.37. The van der Waals surface area contributed by atoms with Crippen LogP contribution in [0.3, 0.4) is 0 Å². The van der Waals surface area contributed by atoms with Crippen LogP contribution < -0.4 is 5.32 Å². The zero-order valence-electron chi connectivity index (χ0n) is 17.1. The number of para-hydroxylation sites is 2. The summed E-state index contributed by atoms with van der Waals surface area (Å²) in [6.07, 6.45) is 2.06. The molecule has 3 aromatic carbocycles. The number of nitrogens with zero attached hydrogens (tertiary/aromatic N) is 2. The van der Waals surface area contributed by atoms with Crippen LogP contribution in [0.1, 0.15) is 28.4 Å². The molecular formula is C26H22ClN3O. The Morgan fingerprint density at radius 1 is 0.935 bits per heavy atom. The minimum absolute atomic E-state index is 0.192. The average Bonchev–Trinajstić information content (AvgIpc) is 3.20. The fraction of sp³-hybridized carbons (Fsp3) is 0.115. The van der Waals surface area contributed by atoms with E-state index in [4.69, 9.17) is 11.6 Å². The Kier molecular flexibility index (Phi) is 5.00. The molecule has 0 saturated heterocycles. The second-order valence-electron chi connectivity index (χ2n) is 7.78. The van der Waals surface area contributed by atoms with E-state index in [0.29, 0.717) is 17.3 Å². The van der Waals surface area contributed by atoms with Crippen molar-refractivity contribution in [2.45, 2.75) is 19.5 Å². The molecule has 0 unspecified atom stereocenters. The summed E-state index contributed by atoms with van der Waals surface area (Å²) in [6, 6.07) is 27.6. The molecule has 31 heavy (non-hydrogen) atoms. The lowest BCUT2D eigenvalue weighted by molar-refractivity contribution is 0.194. The van der Waals surface area contributed by atoms with E-state index in [1.807, 2.05) is 41.3 Å². The molecule has 0 radical (unpaired) electrons. The third-order valence-electron chi connectivity index (χ3n) is 5.73. The lowest BCUT2D eigenvalue weighted by Gasteiger charge is -2.31. The quantitative estimate of drug-likeness (QED) is 0.385. The number of urea groups is 1. The Balaban J connectivity index is 1.64. The van der Waals surface area contributed by atoms with Crippen molar-refractivity contribution in [2.75, 3.05) is 5.32 Å². The summed E-state index contributed by atoms with van der Waals surface area (Å²) in [5, 5.41) is 3.53. The van der Waals surface area contributed by atoms with Crippen molar-refractivity contribution in [2.24, 2.45) is 0 Å². The maximum Gasteiger partial charge on any atom is 0.323 e. The van der Waals surface area contributed by atoms with Gasteiger partial charge in [0.2, 0.25) is 0 Å². The van der Waals surface area contributed by atoms with Crippen LogP contribution in [0.25, 0.3) is 5.69 Å². The lowest BCUT2D eigenvalue weighted by atomic mass is 10.0. The number of fused-ring (bicyclic) bond motifs is 3. The van der Waals surface area contributed by atoms with Crippen LogP contribution >= 0.6 is 11.6 Å². The number of halogens is 1. The lowest BCUT2D eigenvalue weighted by Crippen LogP contribution is -2.38. The highest BCUT2D eigenvalue weighted by Crippen LogP contribution is 2.37. The standard InChI is InChI=1S/C26H22ClN3O/c1-18-12-14-19(15-13-18)25-24-11-6-16-29(24)23-10-5-2-7-20(23)17-30(25)26(31)28-22-9-4-3-8-21(22)27/h2-16,25H,17H2,1H3,(H,28,31)/t25-/m1/s1. The molecule has 4 aromatic rings. The van der Waals surface area contributed by atoms with Gasteiger partial charge >= 0.3 is 6.03 Å². The van der Waals surface area contributed by atoms with Gasteiger partial charge in [-0.25, -0.2) is 4.79 Å². The van der Waals surface area contributed by atoms with Gasteiger partial charge < -0.3 is 14.8 Å². The topological polar surface area (TPSA) is 37.3 Å². The summed E-state index contributed by atoms with van der Waals surface area (Å²) >= 11 is 6.32. The molecule has 4 nitrogen and oxygen atoms in total. The number of aryl methyl sites for hydroxylation is 1. The van der Waals surface area contributed by atoms with Gasteiger partial charge in [-0.2, -0.15) is 0 Å². The van der Waals surface area contributed by atoms with E-state index in [1.165, 1.54) is 5.56 Å². The largest absolute Gasteiger partial charge is 0.323 e. The molecule has 0 bridgehead atoms. The van der Waals surface area contributed by atoms with E-state index in [0.717, 1.165) is 22.5 Å². The van der Waals surface area contributed by atoms with Crippen molar-refractivity contribution >= 4 is 23.3 Å². The normalized spacial score (nSPS) is 15.0. The Labute approximate surface area is 186 Å². The summed E-state index contributed by atoms with van der Waals surface area (Å²) in [7, 11) is 0. The predicted octanol–water partition coefficient (Wildman–Crippen LogP) is 6.58. The third kappa shape index (κ3) is 3.60. The smallest absolute Gasteiger partial charge is 0.318 e. The number of carbonyl (C=O) groups excluding carboxylic acids is 1. The molecule has 1 N–H and O–H groups in total. The van der Waals surface area contributed by atoms with Gasteiger partial charge in [0.25, 0.3) is 0 Å². The van der Waals surface area contributed by atoms with Crippen LogP contribution in [0, 0.1) is 6.92 Å². The van der Waals surface area contributed by atoms with Gasteiger partial charge in [-0.3, -0.25) is 0 Å². The number of hydrogen-bond donors (Lipinski definition) is 1. The summed E-state index contributed by atoms with van der Waals surface area (Å²) in [5.41, 5.74) is 6.07. The predicted molar refractivity (Wildman–Crippen MR) is 125 cm³/mol. The Bertz CT molecular complexity index is 1250. The Hall–Kier alpha value is -3.50. The summed E-state index contributed by atoms with van der Waals surface area (Å²) in [4.78, 5) is 15.5. The average molecular weight is 428 g/mol. The third-order valence-corrected chi connectivity index (χ3v) is 6.06. The highest BCUT2D eigenvalue weighted by molar-refractivity contribution is 6.33. The number of amides is 2. The first kappa shape index (κ1) is 19.5. The second-order valence-corrected chi connectivity index (χ2v) is 8.19. The Morgan fingerprint density at radius 2 is 1.68 bits per heavy atom. The number of aromatic nitrogens is 1. The highest BCUT2D eigenvalue weighted by Gasteiger charge is 2.33. The SMILES string of the molecule is Cc1ccc([C@@H]2c3cccn3-c3ccccc3CN2C(=O)Nc2ccccc2Cl)cc1. The van der Waals surface area contributed by atoms with Gasteiger partial charge in [-0.05, 0) is 48.4 Å². The molecule has 5 heteroatoms. The minimum atomic E-state index is -0.245. The van der Waals surface area contributed by atoms with E-state index in [-0.39, 0.29) is 12.1 Å². The second kappa shape index (κ2) is 7.97. The van der Waals surface area contributed by atoms with Crippen molar-refractivity contribution in [3.8, 4) is 5.69 Å². The summed E-state index contributed by atoms with van der Waals surface area (Å²) in [5.74, 6) is 0. The van der Waals surface area contributed by atoms with Gasteiger partial charge in [-0.1, -0.05) is 71.8 Å². The number of rotatable bonds is 2. The number of hydrogen-bond acceptors (Lipinski definition) is 1. The first-order valence-corrected chi connectivity index (χ1v) is 10.6. The number of nitrogens with one attached hydrogen (secondary N) is 1. The van der Waals surface area contributed by atoms with Gasteiger partial charge in [-0.15, -0.1) is 0 Å². The van der Waals surface area contributed by atoms with E-state index in [2.05, 4.69) is 65.5 Å². The molecule has 0 fully saturated rings. The number of carbonyl (C=O) groups is 1. The van der Waals surface area contributed by atoms with Crippen molar-refractivity contribution in [3.05, 3.63) is 119 Å². The van der Waals surface area contributed by atoms with Crippen LogP contribution in [0.4, 0.5) is 10.5 Å². The van der Waals surface area contributed by atoms with Crippen molar-refractivity contribution in [3.63, 3.8) is 0 Å². The van der Waals surface area contributed by atoms with Crippen LogP contribution in [0.5, 0.6) is 0 Å². The van der Waals surface area contributed by atoms with Gasteiger partial charge in [0.05, 0.1) is 29.0 Å². The molecule has 1 aliphatic rings. The van der Waals surface area contributed by atoms with Crippen molar-refractivity contribution in [1.82, 2.24) is 9.47 Å². The minimum Gasteiger partial charge on any atom is -0.318 e.